The van der Waals surface area contributed by atoms with Gasteiger partial charge in [-0.1, -0.05) is 11.8 Å². The van der Waals surface area contributed by atoms with Gasteiger partial charge in [-0.15, -0.1) is 0 Å². The molecule has 2 N–H and O–H groups in total. The van der Waals surface area contributed by atoms with Gasteiger partial charge in [0.05, 0.1) is 0 Å². The molecule has 0 aliphatic carbocycles. The van der Waals surface area contributed by atoms with E-state index in [1.165, 1.54) is 35.4 Å². The first-order valence-electron chi connectivity index (χ1n) is 5.09. The number of aromatic nitrogens is 2. The molecule has 1 aromatic carbocycles. The van der Waals surface area contributed by atoms with Gasteiger partial charge in [0.1, 0.15) is 11.6 Å². The number of halogens is 1. The highest BCUT2D eigenvalue weighted by molar-refractivity contribution is 8.01. The van der Waals surface area contributed by atoms with E-state index < -0.39 is 0 Å². The van der Waals surface area contributed by atoms with E-state index in [9.17, 15) is 4.39 Å². The Morgan fingerprint density at radius 3 is 2.82 bits per heavy atom. The number of hydrogen-bond acceptors (Lipinski definition) is 5. The van der Waals surface area contributed by atoms with Crippen LogP contribution in [0.2, 0.25) is 0 Å². The summed E-state index contributed by atoms with van der Waals surface area (Å²) in [5, 5.41) is 0. The molecular weight excluding hydrogens is 257 g/mol. The lowest BCUT2D eigenvalue weighted by molar-refractivity contribution is 0.619. The molecule has 2 rings (SSSR count). The number of rotatable bonds is 3. The normalized spacial score (nSPS) is 12.7. The van der Waals surface area contributed by atoms with Crippen molar-refractivity contribution in [2.45, 2.75) is 29.1 Å². The SMILES string of the molecule is Cc1nsc(Sc2ccc(F)cc2[C@@H](C)N)n1. The van der Waals surface area contributed by atoms with E-state index in [1.807, 2.05) is 13.8 Å². The second-order valence-corrected chi connectivity index (χ2v) is 5.72. The molecule has 1 heterocycles. The molecule has 17 heavy (non-hydrogen) atoms. The van der Waals surface area contributed by atoms with Crippen molar-refractivity contribution < 1.29 is 4.39 Å². The van der Waals surface area contributed by atoms with Crippen LogP contribution in [0.15, 0.2) is 27.4 Å². The minimum Gasteiger partial charge on any atom is -0.324 e. The molecule has 3 nitrogen and oxygen atoms in total. The second-order valence-electron chi connectivity index (χ2n) is 3.68. The zero-order valence-corrected chi connectivity index (χ0v) is 11.1. The second kappa shape index (κ2) is 5.12. The predicted molar refractivity (Wildman–Crippen MR) is 67.8 cm³/mol. The van der Waals surface area contributed by atoms with Gasteiger partial charge in [-0.05, 0) is 49.1 Å². The zero-order chi connectivity index (χ0) is 12.4. The summed E-state index contributed by atoms with van der Waals surface area (Å²) in [6, 6.07) is 4.43. The third-order valence-electron chi connectivity index (χ3n) is 2.17. The Bertz CT molecular complexity index is 525. The summed E-state index contributed by atoms with van der Waals surface area (Å²) in [7, 11) is 0. The molecule has 0 fully saturated rings. The van der Waals surface area contributed by atoms with Crippen molar-refractivity contribution in [1.29, 1.82) is 0 Å². The maximum Gasteiger partial charge on any atom is 0.174 e. The van der Waals surface area contributed by atoms with Gasteiger partial charge in [0.15, 0.2) is 4.34 Å². The van der Waals surface area contributed by atoms with Crippen LogP contribution >= 0.6 is 23.3 Å². The van der Waals surface area contributed by atoms with Gasteiger partial charge in [0, 0.05) is 10.9 Å². The third kappa shape index (κ3) is 3.02. The molecule has 0 saturated heterocycles. The maximum absolute atomic E-state index is 13.2. The van der Waals surface area contributed by atoms with Crippen molar-refractivity contribution in [2.24, 2.45) is 5.73 Å². The first-order valence-corrected chi connectivity index (χ1v) is 6.68. The van der Waals surface area contributed by atoms with Gasteiger partial charge in [-0.2, -0.15) is 4.37 Å². The van der Waals surface area contributed by atoms with Gasteiger partial charge < -0.3 is 5.73 Å². The summed E-state index contributed by atoms with van der Waals surface area (Å²) >= 11 is 2.81. The van der Waals surface area contributed by atoms with Crippen LogP contribution in [0, 0.1) is 12.7 Å². The molecule has 0 saturated carbocycles. The van der Waals surface area contributed by atoms with Crippen LogP contribution in [0.3, 0.4) is 0 Å². The summed E-state index contributed by atoms with van der Waals surface area (Å²) in [5.74, 6) is 0.483. The molecule has 0 bridgehead atoms. The minimum atomic E-state index is -0.268. The van der Waals surface area contributed by atoms with Gasteiger partial charge in [-0.3, -0.25) is 0 Å². The maximum atomic E-state index is 13.2. The molecule has 0 amide bonds. The van der Waals surface area contributed by atoms with Crippen molar-refractivity contribution >= 4 is 23.3 Å². The molecule has 0 radical (unpaired) electrons. The van der Waals surface area contributed by atoms with Gasteiger partial charge in [-0.25, -0.2) is 9.37 Å². The standard InChI is InChI=1S/C11H12FN3S2/c1-6(13)9-5-8(12)3-4-10(9)16-11-14-7(2)15-17-11/h3-6H,13H2,1-2H3/t6-/m1/s1. The molecule has 2 aromatic rings. The Labute approximate surface area is 107 Å². The van der Waals surface area contributed by atoms with Gasteiger partial charge in [0.25, 0.3) is 0 Å². The molecule has 1 atom stereocenters. The highest BCUT2D eigenvalue weighted by atomic mass is 32.2. The fourth-order valence-electron chi connectivity index (χ4n) is 1.38. The fourth-order valence-corrected chi connectivity index (χ4v) is 3.20. The van der Waals surface area contributed by atoms with E-state index in [2.05, 4.69) is 9.36 Å². The summed E-state index contributed by atoms with van der Waals surface area (Å²) in [6.07, 6.45) is 0. The van der Waals surface area contributed by atoms with Crippen LogP contribution in [0.5, 0.6) is 0 Å². The smallest absolute Gasteiger partial charge is 0.174 e. The summed E-state index contributed by atoms with van der Waals surface area (Å²) in [6.45, 7) is 3.68. The van der Waals surface area contributed by atoms with Crippen LogP contribution in [-0.2, 0) is 0 Å². The average Bonchev–Trinajstić information content (AvgIpc) is 2.66. The number of nitrogens with two attached hydrogens (primary N) is 1. The highest BCUT2D eigenvalue weighted by Crippen LogP contribution is 2.33. The zero-order valence-electron chi connectivity index (χ0n) is 9.48. The molecule has 90 valence electrons. The Morgan fingerprint density at radius 1 is 1.47 bits per heavy atom. The molecule has 0 aliphatic heterocycles. The topological polar surface area (TPSA) is 51.8 Å². The summed E-state index contributed by atoms with van der Waals surface area (Å²) < 4.78 is 18.1. The van der Waals surface area contributed by atoms with Crippen LogP contribution in [-0.4, -0.2) is 9.36 Å². The number of aryl methyl sites for hydroxylation is 1. The van der Waals surface area contributed by atoms with Crippen molar-refractivity contribution in [1.82, 2.24) is 9.36 Å². The number of benzene rings is 1. The van der Waals surface area contributed by atoms with Crippen LogP contribution in [0.1, 0.15) is 24.4 Å². The van der Waals surface area contributed by atoms with E-state index in [1.54, 1.807) is 6.07 Å². The van der Waals surface area contributed by atoms with E-state index in [0.717, 1.165) is 20.6 Å². The first kappa shape index (κ1) is 12.5. The number of nitrogens with zero attached hydrogens (tertiary/aromatic N) is 2. The van der Waals surface area contributed by atoms with Crippen molar-refractivity contribution in [2.75, 3.05) is 0 Å². The summed E-state index contributed by atoms with van der Waals surface area (Å²) in [4.78, 5) is 5.19. The highest BCUT2D eigenvalue weighted by Gasteiger charge is 2.11. The molecule has 0 spiro atoms. The predicted octanol–water partition coefficient (Wildman–Crippen LogP) is 3.16. The minimum absolute atomic E-state index is 0.206. The van der Waals surface area contributed by atoms with E-state index in [-0.39, 0.29) is 11.9 Å². The Balaban J connectivity index is 2.32. The quantitative estimate of drug-likeness (QED) is 0.930. The largest absolute Gasteiger partial charge is 0.324 e. The van der Waals surface area contributed by atoms with Crippen LogP contribution in [0.25, 0.3) is 0 Å². The van der Waals surface area contributed by atoms with Crippen LogP contribution < -0.4 is 5.73 Å². The van der Waals surface area contributed by atoms with Gasteiger partial charge in [0.2, 0.25) is 0 Å². The lowest BCUT2D eigenvalue weighted by Gasteiger charge is -2.10. The van der Waals surface area contributed by atoms with Crippen molar-refractivity contribution in [3.63, 3.8) is 0 Å². The first-order chi connectivity index (χ1) is 8.06. The van der Waals surface area contributed by atoms with Crippen molar-refractivity contribution in [3.8, 4) is 0 Å². The van der Waals surface area contributed by atoms with E-state index in [4.69, 9.17) is 5.73 Å². The van der Waals surface area contributed by atoms with Crippen molar-refractivity contribution in [3.05, 3.63) is 35.4 Å². The average molecular weight is 269 g/mol. The van der Waals surface area contributed by atoms with Gasteiger partial charge >= 0.3 is 0 Å². The molecule has 0 aliphatic rings. The molecular formula is C11H12FN3S2. The monoisotopic (exact) mass is 269 g/mol. The van der Waals surface area contributed by atoms with Crippen LogP contribution in [0.4, 0.5) is 4.39 Å². The Morgan fingerprint density at radius 2 is 2.24 bits per heavy atom. The Hall–Kier alpha value is -0.980. The lowest BCUT2D eigenvalue weighted by atomic mass is 10.1. The third-order valence-corrected chi connectivity index (χ3v) is 4.10. The molecule has 6 heteroatoms. The summed E-state index contributed by atoms with van der Waals surface area (Å²) in [5.41, 5.74) is 6.62. The fraction of sp³-hybridized carbons (Fsp3) is 0.273. The van der Waals surface area contributed by atoms with E-state index in [0.29, 0.717) is 0 Å². The molecule has 0 unspecified atom stereocenters. The number of hydrogen-bond donors (Lipinski definition) is 1. The van der Waals surface area contributed by atoms with E-state index >= 15 is 0 Å². The lowest BCUT2D eigenvalue weighted by Crippen LogP contribution is -2.06. The Kier molecular flexibility index (Phi) is 3.76. The molecule has 1 aromatic heterocycles.